The number of carbonyl (C=O) groups is 2. The van der Waals surface area contributed by atoms with Crippen LogP contribution in [0.2, 0.25) is 5.02 Å². The van der Waals surface area contributed by atoms with Crippen LogP contribution in [0, 0.1) is 5.82 Å². The van der Waals surface area contributed by atoms with Crippen molar-refractivity contribution in [1.29, 1.82) is 0 Å². The highest BCUT2D eigenvalue weighted by atomic mass is 79.9. The molecular formula is C17H15BrClFN2O3. The van der Waals surface area contributed by atoms with Crippen molar-refractivity contribution in [3.05, 3.63) is 51.7 Å². The number of halogens is 3. The molecule has 0 aliphatic heterocycles. The molecule has 0 unspecified atom stereocenters. The van der Waals surface area contributed by atoms with E-state index in [2.05, 4.69) is 26.6 Å². The summed E-state index contributed by atoms with van der Waals surface area (Å²) in [5.74, 6) is -1.03. The summed E-state index contributed by atoms with van der Waals surface area (Å²) in [6, 6.07) is 8.77. The van der Waals surface area contributed by atoms with Crippen molar-refractivity contribution in [3.8, 4) is 5.75 Å². The van der Waals surface area contributed by atoms with E-state index in [9.17, 15) is 14.0 Å². The maximum atomic E-state index is 13.9. The zero-order valence-corrected chi connectivity index (χ0v) is 15.7. The van der Waals surface area contributed by atoms with Crippen molar-refractivity contribution in [3.63, 3.8) is 0 Å². The number of hydrogen-bond donors (Lipinski definition) is 2. The highest BCUT2D eigenvalue weighted by molar-refractivity contribution is 9.10. The minimum atomic E-state index is -0.888. The van der Waals surface area contributed by atoms with Crippen LogP contribution >= 0.6 is 27.5 Å². The van der Waals surface area contributed by atoms with Gasteiger partial charge in [0.25, 0.3) is 5.91 Å². The number of nitrogens with one attached hydrogen (secondary N) is 2. The van der Waals surface area contributed by atoms with Gasteiger partial charge < -0.3 is 15.4 Å². The molecule has 2 aromatic rings. The molecule has 0 saturated heterocycles. The number of anilines is 2. The summed E-state index contributed by atoms with van der Waals surface area (Å²) in [6.07, 6.45) is -0.888. The first-order valence-electron chi connectivity index (χ1n) is 7.26. The van der Waals surface area contributed by atoms with Crippen molar-refractivity contribution < 1.29 is 18.7 Å². The molecule has 0 aromatic heterocycles. The molecule has 0 fully saturated rings. The summed E-state index contributed by atoms with van der Waals surface area (Å²) < 4.78 is 20.0. The molecule has 2 amide bonds. The maximum absolute atomic E-state index is 13.9. The Balaban J connectivity index is 2.09. The topological polar surface area (TPSA) is 67.4 Å². The highest BCUT2D eigenvalue weighted by Gasteiger charge is 2.18. The van der Waals surface area contributed by atoms with Gasteiger partial charge >= 0.3 is 0 Å². The Kier molecular flexibility index (Phi) is 6.39. The molecule has 0 heterocycles. The third-order valence-electron chi connectivity index (χ3n) is 3.11. The van der Waals surface area contributed by atoms with Crippen LogP contribution < -0.4 is 15.4 Å². The predicted molar refractivity (Wildman–Crippen MR) is 98.6 cm³/mol. The van der Waals surface area contributed by atoms with Gasteiger partial charge in [-0.15, -0.1) is 0 Å². The van der Waals surface area contributed by atoms with Crippen LogP contribution in [0.25, 0.3) is 0 Å². The number of carbonyl (C=O) groups excluding carboxylic acids is 2. The largest absolute Gasteiger partial charge is 0.480 e. The molecular weight excluding hydrogens is 415 g/mol. The summed E-state index contributed by atoms with van der Waals surface area (Å²) in [5, 5.41) is 5.49. The summed E-state index contributed by atoms with van der Waals surface area (Å²) in [7, 11) is 0. The molecule has 2 N–H and O–H groups in total. The fourth-order valence-electron chi connectivity index (χ4n) is 1.95. The van der Waals surface area contributed by atoms with Crippen LogP contribution in [-0.4, -0.2) is 17.9 Å². The summed E-state index contributed by atoms with van der Waals surface area (Å²) in [5.41, 5.74) is 0.320. The van der Waals surface area contributed by atoms with E-state index in [1.54, 1.807) is 18.2 Å². The molecule has 2 rings (SSSR count). The maximum Gasteiger partial charge on any atom is 0.265 e. The second-order valence-corrected chi connectivity index (χ2v) is 6.49. The van der Waals surface area contributed by atoms with E-state index in [0.29, 0.717) is 20.9 Å². The van der Waals surface area contributed by atoms with Crippen molar-refractivity contribution >= 4 is 50.7 Å². The lowest BCUT2D eigenvalue weighted by Gasteiger charge is -2.16. The van der Waals surface area contributed by atoms with Crippen LogP contribution in [0.5, 0.6) is 5.75 Å². The molecule has 2 aromatic carbocycles. The first kappa shape index (κ1) is 19.2. The molecule has 0 aliphatic rings. The second-order valence-electron chi connectivity index (χ2n) is 5.20. The van der Waals surface area contributed by atoms with Crippen molar-refractivity contribution in [2.45, 2.75) is 20.0 Å². The Hall–Kier alpha value is -2.12. The van der Waals surface area contributed by atoms with Crippen LogP contribution in [0.15, 0.2) is 40.9 Å². The lowest BCUT2D eigenvalue weighted by Crippen LogP contribution is -2.30. The van der Waals surface area contributed by atoms with Crippen LogP contribution in [0.1, 0.15) is 13.8 Å². The van der Waals surface area contributed by atoms with Gasteiger partial charge in [0.05, 0.1) is 10.2 Å². The molecule has 5 nitrogen and oxygen atoms in total. The van der Waals surface area contributed by atoms with Crippen molar-refractivity contribution in [1.82, 2.24) is 0 Å². The van der Waals surface area contributed by atoms with E-state index in [1.165, 1.54) is 26.0 Å². The third kappa shape index (κ3) is 5.44. The van der Waals surface area contributed by atoms with Gasteiger partial charge in [0, 0.05) is 17.6 Å². The van der Waals surface area contributed by atoms with Crippen LogP contribution in [0.3, 0.4) is 0 Å². The first-order chi connectivity index (χ1) is 11.8. The smallest absolute Gasteiger partial charge is 0.265 e. The predicted octanol–water partition coefficient (Wildman–Crippen LogP) is 4.61. The number of hydrogen-bond acceptors (Lipinski definition) is 3. The Morgan fingerprint density at radius 3 is 2.56 bits per heavy atom. The zero-order chi connectivity index (χ0) is 18.6. The molecule has 0 saturated carbocycles. The van der Waals surface area contributed by atoms with E-state index >= 15 is 0 Å². The second kappa shape index (κ2) is 8.31. The van der Waals surface area contributed by atoms with Gasteiger partial charge in [0.15, 0.2) is 6.10 Å². The minimum absolute atomic E-state index is 0.0538. The third-order valence-corrected chi connectivity index (χ3v) is 3.97. The molecule has 132 valence electrons. The summed E-state index contributed by atoms with van der Waals surface area (Å²) in [4.78, 5) is 23.3. The molecule has 1 atom stereocenters. The van der Waals surface area contributed by atoms with Gasteiger partial charge in [-0.25, -0.2) is 4.39 Å². The van der Waals surface area contributed by atoms with Gasteiger partial charge in [-0.3, -0.25) is 9.59 Å². The van der Waals surface area contributed by atoms with Crippen molar-refractivity contribution in [2.24, 2.45) is 0 Å². The minimum Gasteiger partial charge on any atom is -0.480 e. The van der Waals surface area contributed by atoms with Gasteiger partial charge in [-0.2, -0.15) is 0 Å². The number of rotatable bonds is 5. The summed E-state index contributed by atoms with van der Waals surface area (Å²) in [6.45, 7) is 2.87. The normalized spacial score (nSPS) is 11.6. The SMILES string of the molecule is CC(=O)Nc1ccc(F)c(NC(=O)[C@H](C)Oc2ccc(Cl)cc2Br)c1. The molecule has 25 heavy (non-hydrogen) atoms. The standard InChI is InChI=1S/C17H15BrClFN2O3/c1-9(25-16-6-3-11(19)7-13(16)18)17(24)22-15-8-12(21-10(2)23)4-5-14(15)20/h3-9H,1-2H3,(H,21,23)(H,22,24)/t9-/m0/s1. The number of benzene rings is 2. The van der Waals surface area contributed by atoms with E-state index < -0.39 is 17.8 Å². The lowest BCUT2D eigenvalue weighted by atomic mass is 10.2. The van der Waals surface area contributed by atoms with Crippen LogP contribution in [0.4, 0.5) is 15.8 Å². The Bertz CT molecular complexity index is 816. The van der Waals surface area contributed by atoms with Crippen LogP contribution in [-0.2, 0) is 9.59 Å². The molecule has 0 spiro atoms. The quantitative estimate of drug-likeness (QED) is 0.729. The molecule has 0 radical (unpaired) electrons. The van der Waals surface area contributed by atoms with Crippen molar-refractivity contribution in [2.75, 3.05) is 10.6 Å². The Morgan fingerprint density at radius 2 is 1.92 bits per heavy atom. The van der Waals surface area contributed by atoms with E-state index in [0.717, 1.165) is 6.07 Å². The molecule has 0 bridgehead atoms. The lowest BCUT2D eigenvalue weighted by molar-refractivity contribution is -0.122. The van der Waals surface area contributed by atoms with E-state index in [4.69, 9.17) is 16.3 Å². The Labute approximate surface area is 157 Å². The molecule has 0 aliphatic carbocycles. The van der Waals surface area contributed by atoms with Gasteiger partial charge in [0.2, 0.25) is 5.91 Å². The highest BCUT2D eigenvalue weighted by Crippen LogP contribution is 2.29. The fourth-order valence-corrected chi connectivity index (χ4v) is 2.73. The monoisotopic (exact) mass is 428 g/mol. The zero-order valence-electron chi connectivity index (χ0n) is 13.4. The average molecular weight is 430 g/mol. The number of amides is 2. The van der Waals surface area contributed by atoms with Gasteiger partial charge in [-0.05, 0) is 59.3 Å². The fraction of sp³-hybridized carbons (Fsp3) is 0.176. The summed E-state index contributed by atoms with van der Waals surface area (Å²) >= 11 is 9.15. The van der Waals surface area contributed by atoms with E-state index in [-0.39, 0.29) is 11.6 Å². The van der Waals surface area contributed by atoms with Gasteiger partial charge in [0.1, 0.15) is 11.6 Å². The molecule has 8 heteroatoms. The van der Waals surface area contributed by atoms with Gasteiger partial charge in [-0.1, -0.05) is 11.6 Å². The average Bonchev–Trinajstić information content (AvgIpc) is 2.52. The first-order valence-corrected chi connectivity index (χ1v) is 8.43. The Morgan fingerprint density at radius 1 is 1.20 bits per heavy atom. The number of ether oxygens (including phenoxy) is 1. The van der Waals surface area contributed by atoms with E-state index in [1.807, 2.05) is 0 Å².